The number of amidine groups is 2. The third kappa shape index (κ3) is 4.93. The van der Waals surface area contributed by atoms with Gasteiger partial charge >= 0.3 is 0 Å². The summed E-state index contributed by atoms with van der Waals surface area (Å²) in [4.78, 5) is 8.95. The first-order chi connectivity index (χ1) is 15.0. The molecule has 0 amide bonds. The molecule has 2 aromatic rings. The number of hydrogen-bond acceptors (Lipinski definition) is 7. The van der Waals surface area contributed by atoms with E-state index in [9.17, 15) is 0 Å². The van der Waals surface area contributed by atoms with Crippen LogP contribution in [0.1, 0.15) is 11.1 Å². The molecule has 1 aliphatic rings. The molecule has 1 aliphatic heterocycles. The fraction of sp³-hybridized carbons (Fsp3) is 0.286. The Morgan fingerprint density at radius 3 is 2.58 bits per heavy atom. The highest BCUT2D eigenvalue weighted by atomic mass is 16.5. The van der Waals surface area contributed by atoms with Gasteiger partial charge in [-0.2, -0.15) is 9.98 Å². The molecule has 1 heterocycles. The highest BCUT2D eigenvalue weighted by molar-refractivity contribution is 6.09. The molecule has 10 nitrogen and oxygen atoms in total. The fourth-order valence-electron chi connectivity index (χ4n) is 3.38. The third-order valence-electron chi connectivity index (χ3n) is 4.68. The Bertz CT molecular complexity index is 1030. The Morgan fingerprint density at radius 1 is 1.16 bits per heavy atom. The first-order valence-electron chi connectivity index (χ1n) is 9.62. The first kappa shape index (κ1) is 22.1. The zero-order chi connectivity index (χ0) is 22.4. The number of nitrogens with two attached hydrogens (primary N) is 2. The number of aliphatic hydroxyl groups is 1. The number of benzene rings is 2. The van der Waals surface area contributed by atoms with Gasteiger partial charge in [-0.25, -0.2) is 0 Å². The second kappa shape index (κ2) is 9.92. The number of hydrogen-bond donors (Lipinski definition) is 5. The number of aliphatic hydroxyl groups excluding tert-OH is 1. The molecule has 0 radical (unpaired) electrons. The Morgan fingerprint density at radius 2 is 1.94 bits per heavy atom. The van der Waals surface area contributed by atoms with E-state index in [0.717, 1.165) is 22.6 Å². The van der Waals surface area contributed by atoms with Crippen molar-refractivity contribution >= 4 is 29.0 Å². The number of anilines is 1. The summed E-state index contributed by atoms with van der Waals surface area (Å²) in [5.74, 6) is 2.63. The number of guanidine groups is 1. The summed E-state index contributed by atoms with van der Waals surface area (Å²) in [7, 11) is 4.70. The molecular weight excluding hydrogens is 400 g/mol. The zero-order valence-corrected chi connectivity index (χ0v) is 17.7. The highest BCUT2D eigenvalue weighted by Gasteiger charge is 2.26. The Kier molecular flexibility index (Phi) is 7.06. The predicted molar refractivity (Wildman–Crippen MR) is 119 cm³/mol. The first-order valence-corrected chi connectivity index (χ1v) is 9.62. The van der Waals surface area contributed by atoms with Crippen LogP contribution in [0.15, 0.2) is 40.3 Å². The topological polar surface area (TPSA) is 151 Å². The molecule has 0 fully saturated rings. The van der Waals surface area contributed by atoms with Crippen molar-refractivity contribution in [2.24, 2.45) is 15.7 Å². The molecular formula is C21H27N6O4+. The maximum atomic E-state index is 9.06. The van der Waals surface area contributed by atoms with Crippen LogP contribution in [0, 0.1) is 5.41 Å². The standard InChI is InChI=1S/C21H26N6O4/c1-29-16-7-4-12(18(30-2)19(16)31-3)10-17-25-15-11-13(24-8-9-28)5-6-14(15)20(26-17)27-21(22)23/h4-7,11,24,28H,8-10H2,1-3H3,(H4,22,23,25,26,27)/p+1. The summed E-state index contributed by atoms with van der Waals surface area (Å²) < 4.78 is 16.4. The lowest BCUT2D eigenvalue weighted by Gasteiger charge is -2.18. The van der Waals surface area contributed by atoms with Crippen molar-refractivity contribution in [2.75, 3.05) is 39.8 Å². The van der Waals surface area contributed by atoms with Crippen molar-refractivity contribution in [2.45, 2.75) is 6.42 Å². The Hall–Kier alpha value is -3.63. The molecule has 3 rings (SSSR count). The quantitative estimate of drug-likeness (QED) is 0.307. The van der Waals surface area contributed by atoms with Crippen LogP contribution in [0.25, 0.3) is 0 Å². The van der Waals surface area contributed by atoms with Crippen LogP contribution in [0.3, 0.4) is 0 Å². The molecule has 0 saturated carbocycles. The normalized spacial score (nSPS) is 13.9. The van der Waals surface area contributed by atoms with Crippen molar-refractivity contribution in [3.8, 4) is 17.2 Å². The monoisotopic (exact) mass is 427 g/mol. The number of aliphatic imine (C=N–C) groups is 2. The smallest absolute Gasteiger partial charge is 0.243 e. The Labute approximate surface area is 180 Å². The molecule has 0 atom stereocenters. The third-order valence-corrected chi connectivity index (χ3v) is 4.68. The molecule has 0 saturated heterocycles. The molecule has 0 bridgehead atoms. The maximum absolute atomic E-state index is 9.06. The van der Waals surface area contributed by atoms with Gasteiger partial charge in [0.15, 0.2) is 11.5 Å². The van der Waals surface area contributed by atoms with E-state index in [1.54, 1.807) is 26.6 Å². The van der Waals surface area contributed by atoms with Gasteiger partial charge in [0, 0.05) is 17.8 Å². The van der Waals surface area contributed by atoms with Crippen molar-refractivity contribution in [1.29, 1.82) is 5.41 Å². The van der Waals surface area contributed by atoms with Crippen LogP contribution in [0.4, 0.5) is 11.4 Å². The summed E-state index contributed by atoms with van der Waals surface area (Å²) in [5.41, 5.74) is 8.68. The molecule has 7 N–H and O–H groups in total. The highest BCUT2D eigenvalue weighted by Crippen LogP contribution is 2.40. The van der Waals surface area contributed by atoms with E-state index < -0.39 is 0 Å². The van der Waals surface area contributed by atoms with E-state index in [-0.39, 0.29) is 12.6 Å². The molecule has 2 aromatic carbocycles. The maximum Gasteiger partial charge on any atom is 0.243 e. The van der Waals surface area contributed by atoms with E-state index in [1.165, 1.54) is 0 Å². The summed E-state index contributed by atoms with van der Waals surface area (Å²) in [5, 5.41) is 21.6. The molecule has 164 valence electrons. The van der Waals surface area contributed by atoms with Gasteiger partial charge in [-0.15, -0.1) is 0 Å². The average molecular weight is 427 g/mol. The van der Waals surface area contributed by atoms with Gasteiger partial charge in [-0.3, -0.25) is 10.7 Å². The van der Waals surface area contributed by atoms with Crippen molar-refractivity contribution in [1.82, 2.24) is 0 Å². The minimum Gasteiger partial charge on any atom is -0.493 e. The predicted octanol–water partition coefficient (Wildman–Crippen LogP) is 0.606. The number of rotatable bonds is 8. The lowest BCUT2D eigenvalue weighted by molar-refractivity contribution is -0.410. The van der Waals surface area contributed by atoms with E-state index in [0.29, 0.717) is 41.7 Å². The van der Waals surface area contributed by atoms with Gasteiger partial charge in [0.05, 0.1) is 45.6 Å². The summed E-state index contributed by atoms with van der Waals surface area (Å²) in [6.45, 7) is 0.453. The zero-order valence-electron chi connectivity index (χ0n) is 17.7. The molecule has 0 spiro atoms. The van der Waals surface area contributed by atoms with Gasteiger partial charge in [0.1, 0.15) is 0 Å². The summed E-state index contributed by atoms with van der Waals surface area (Å²) >= 11 is 0. The lowest BCUT2D eigenvalue weighted by atomic mass is 10.1. The Balaban J connectivity index is 2.02. The van der Waals surface area contributed by atoms with Crippen molar-refractivity contribution in [3.05, 3.63) is 41.5 Å². The van der Waals surface area contributed by atoms with Gasteiger partial charge in [-0.05, 0) is 24.3 Å². The number of ether oxygens (including phenoxy) is 3. The van der Waals surface area contributed by atoms with E-state index in [1.807, 2.05) is 30.3 Å². The minimum atomic E-state index is -0.287. The van der Waals surface area contributed by atoms with Gasteiger partial charge in [0.2, 0.25) is 23.4 Å². The van der Waals surface area contributed by atoms with E-state index in [2.05, 4.69) is 10.3 Å². The van der Waals surface area contributed by atoms with E-state index >= 15 is 0 Å². The summed E-state index contributed by atoms with van der Waals surface area (Å²) in [6.07, 6.45) is 0.439. The second-order valence-corrected chi connectivity index (χ2v) is 6.68. The van der Waals surface area contributed by atoms with Gasteiger partial charge in [0.25, 0.3) is 0 Å². The average Bonchev–Trinajstić information content (AvgIpc) is 2.76. The van der Waals surface area contributed by atoms with Crippen LogP contribution in [-0.4, -0.2) is 57.2 Å². The summed E-state index contributed by atoms with van der Waals surface area (Å²) in [6, 6.07) is 9.32. The van der Waals surface area contributed by atoms with Crippen LogP contribution >= 0.6 is 0 Å². The van der Waals surface area contributed by atoms with Crippen molar-refractivity contribution < 1.29 is 24.6 Å². The SMILES string of the molecule is COc1ccc(CC2=Nc3cc(NCCO)ccc3/C(=N/C(=N)N)[NH2+]2)c(OC)c1OC. The van der Waals surface area contributed by atoms with Gasteiger partial charge in [-0.1, -0.05) is 6.07 Å². The van der Waals surface area contributed by atoms with Crippen LogP contribution in [0.5, 0.6) is 17.2 Å². The molecule has 0 unspecified atom stereocenters. The number of nitrogens with zero attached hydrogens (tertiary/aromatic N) is 2. The number of nitrogens with one attached hydrogen (secondary N) is 2. The van der Waals surface area contributed by atoms with Crippen LogP contribution in [0.2, 0.25) is 0 Å². The van der Waals surface area contributed by atoms with Crippen molar-refractivity contribution in [3.63, 3.8) is 0 Å². The fourth-order valence-corrected chi connectivity index (χ4v) is 3.38. The van der Waals surface area contributed by atoms with Crippen LogP contribution in [-0.2, 0) is 6.42 Å². The van der Waals surface area contributed by atoms with E-state index in [4.69, 9.17) is 35.5 Å². The minimum absolute atomic E-state index is 0.0233. The lowest BCUT2D eigenvalue weighted by Crippen LogP contribution is -2.93. The van der Waals surface area contributed by atoms with Crippen LogP contribution < -0.4 is 30.6 Å². The number of fused-ring (bicyclic) bond motifs is 1. The number of methoxy groups -OCH3 is 3. The molecule has 0 aromatic heterocycles. The molecule has 10 heteroatoms. The second-order valence-electron chi connectivity index (χ2n) is 6.68. The molecule has 0 aliphatic carbocycles. The molecule has 31 heavy (non-hydrogen) atoms. The largest absolute Gasteiger partial charge is 0.493 e. The van der Waals surface area contributed by atoms with Gasteiger partial charge < -0.3 is 30.4 Å². The number of quaternary nitrogens is 1.